The van der Waals surface area contributed by atoms with Crippen LogP contribution in [0, 0.1) is 0 Å². The van der Waals surface area contributed by atoms with Crippen LogP contribution in [-0.2, 0) is 21.1 Å². The Morgan fingerprint density at radius 1 is 1.19 bits per heavy atom. The van der Waals surface area contributed by atoms with E-state index in [-0.39, 0.29) is 16.6 Å². The largest absolute Gasteiger partial charge is 0.469 e. The number of nitrogens with one attached hydrogen (secondary N) is 1. The van der Waals surface area contributed by atoms with Crippen molar-refractivity contribution >= 4 is 21.4 Å². The van der Waals surface area contributed by atoms with E-state index in [2.05, 4.69) is 5.32 Å². The van der Waals surface area contributed by atoms with Crippen LogP contribution in [0.4, 0.5) is 5.69 Å². The monoisotopic (exact) mass is 307 g/mol. The SMILES string of the molecule is CCS(=O)(=O)c1ccc(NC(=O)CCc2ccco2)cc1. The topological polar surface area (TPSA) is 76.4 Å². The molecular weight excluding hydrogens is 290 g/mol. The molecule has 2 aromatic rings. The Morgan fingerprint density at radius 2 is 1.90 bits per heavy atom. The number of anilines is 1. The number of furan rings is 1. The molecule has 0 aliphatic carbocycles. The van der Waals surface area contributed by atoms with Crippen LogP contribution >= 0.6 is 0 Å². The number of sulfone groups is 1. The number of rotatable bonds is 6. The van der Waals surface area contributed by atoms with Gasteiger partial charge in [-0.05, 0) is 36.4 Å². The number of carbonyl (C=O) groups excluding carboxylic acids is 1. The minimum Gasteiger partial charge on any atom is -0.469 e. The highest BCUT2D eigenvalue weighted by atomic mass is 32.2. The highest BCUT2D eigenvalue weighted by Crippen LogP contribution is 2.15. The normalized spacial score (nSPS) is 11.3. The van der Waals surface area contributed by atoms with Crippen LogP contribution in [0.25, 0.3) is 0 Å². The molecule has 0 saturated carbocycles. The van der Waals surface area contributed by atoms with Gasteiger partial charge >= 0.3 is 0 Å². The van der Waals surface area contributed by atoms with Gasteiger partial charge in [0.15, 0.2) is 9.84 Å². The lowest BCUT2D eigenvalue weighted by Gasteiger charge is -2.06. The number of hydrogen-bond acceptors (Lipinski definition) is 4. The van der Waals surface area contributed by atoms with Crippen molar-refractivity contribution in [3.05, 3.63) is 48.4 Å². The number of amides is 1. The molecule has 0 unspecified atom stereocenters. The minimum atomic E-state index is -3.21. The molecule has 0 atom stereocenters. The lowest BCUT2D eigenvalue weighted by Crippen LogP contribution is -2.12. The highest BCUT2D eigenvalue weighted by molar-refractivity contribution is 7.91. The molecule has 0 fully saturated rings. The van der Waals surface area contributed by atoms with Crippen LogP contribution in [0.1, 0.15) is 19.1 Å². The quantitative estimate of drug-likeness (QED) is 0.890. The van der Waals surface area contributed by atoms with Gasteiger partial charge in [-0.2, -0.15) is 0 Å². The summed E-state index contributed by atoms with van der Waals surface area (Å²) in [4.78, 5) is 12.0. The van der Waals surface area contributed by atoms with Crippen LogP contribution in [0.2, 0.25) is 0 Å². The predicted octanol–water partition coefficient (Wildman–Crippen LogP) is 2.64. The summed E-state index contributed by atoms with van der Waals surface area (Å²) in [6, 6.07) is 9.78. The molecule has 0 spiro atoms. The van der Waals surface area contributed by atoms with Crippen molar-refractivity contribution in [1.82, 2.24) is 0 Å². The average Bonchev–Trinajstić information content (AvgIpc) is 2.99. The maximum Gasteiger partial charge on any atom is 0.224 e. The summed E-state index contributed by atoms with van der Waals surface area (Å²) in [5.41, 5.74) is 0.578. The second kappa shape index (κ2) is 6.58. The third kappa shape index (κ3) is 4.19. The third-order valence-electron chi connectivity index (χ3n) is 3.06. The van der Waals surface area contributed by atoms with Gasteiger partial charge in [0.05, 0.1) is 16.9 Å². The molecule has 1 aromatic heterocycles. The first kappa shape index (κ1) is 15.3. The Labute approximate surface area is 123 Å². The molecular formula is C15H17NO4S. The van der Waals surface area contributed by atoms with Crippen LogP contribution in [-0.4, -0.2) is 20.1 Å². The zero-order valence-corrected chi connectivity index (χ0v) is 12.5. The van der Waals surface area contributed by atoms with E-state index in [1.807, 2.05) is 6.07 Å². The van der Waals surface area contributed by atoms with Crippen LogP contribution in [0.5, 0.6) is 0 Å². The molecule has 2 rings (SSSR count). The first-order valence-corrected chi connectivity index (χ1v) is 8.31. The summed E-state index contributed by atoms with van der Waals surface area (Å²) in [5.74, 6) is 0.675. The van der Waals surface area contributed by atoms with Gasteiger partial charge in [-0.1, -0.05) is 6.92 Å². The van der Waals surface area contributed by atoms with E-state index in [0.717, 1.165) is 5.76 Å². The summed E-state index contributed by atoms with van der Waals surface area (Å²) >= 11 is 0. The van der Waals surface area contributed by atoms with Gasteiger partial charge in [0.2, 0.25) is 5.91 Å². The van der Waals surface area contributed by atoms with Gasteiger partial charge in [-0.15, -0.1) is 0 Å². The van der Waals surface area contributed by atoms with Crippen molar-refractivity contribution in [1.29, 1.82) is 0 Å². The van der Waals surface area contributed by atoms with Gasteiger partial charge in [0, 0.05) is 18.5 Å². The summed E-state index contributed by atoms with van der Waals surface area (Å²) in [5, 5.41) is 2.73. The number of hydrogen-bond donors (Lipinski definition) is 1. The Hall–Kier alpha value is -2.08. The van der Waals surface area contributed by atoms with E-state index in [9.17, 15) is 13.2 Å². The molecule has 0 saturated heterocycles. The predicted molar refractivity (Wildman–Crippen MR) is 79.8 cm³/mol. The Morgan fingerprint density at radius 3 is 2.48 bits per heavy atom. The molecule has 6 heteroatoms. The summed E-state index contributed by atoms with van der Waals surface area (Å²) in [6.07, 6.45) is 2.41. The lowest BCUT2D eigenvalue weighted by molar-refractivity contribution is -0.116. The van der Waals surface area contributed by atoms with Crippen LogP contribution in [0.15, 0.2) is 52.0 Å². The van der Waals surface area contributed by atoms with E-state index < -0.39 is 9.84 Å². The van der Waals surface area contributed by atoms with Crippen molar-refractivity contribution in [3.8, 4) is 0 Å². The molecule has 0 radical (unpaired) electrons. The Kier molecular flexibility index (Phi) is 4.80. The van der Waals surface area contributed by atoms with Gasteiger partial charge in [0.25, 0.3) is 0 Å². The lowest BCUT2D eigenvalue weighted by atomic mass is 10.2. The van der Waals surface area contributed by atoms with Gasteiger partial charge < -0.3 is 9.73 Å². The fourth-order valence-electron chi connectivity index (χ4n) is 1.83. The summed E-state index contributed by atoms with van der Waals surface area (Å²) in [7, 11) is -3.21. The van der Waals surface area contributed by atoms with E-state index in [1.165, 1.54) is 12.1 Å². The molecule has 0 aliphatic rings. The van der Waals surface area contributed by atoms with Gasteiger partial charge in [0.1, 0.15) is 5.76 Å². The zero-order valence-electron chi connectivity index (χ0n) is 11.7. The van der Waals surface area contributed by atoms with E-state index in [4.69, 9.17) is 4.42 Å². The molecule has 0 aliphatic heterocycles. The van der Waals surface area contributed by atoms with Crippen LogP contribution < -0.4 is 5.32 Å². The maximum atomic E-state index is 11.8. The summed E-state index contributed by atoms with van der Waals surface area (Å²) in [6.45, 7) is 1.60. The van der Waals surface area contributed by atoms with Gasteiger partial charge in [-0.3, -0.25) is 4.79 Å². The smallest absolute Gasteiger partial charge is 0.224 e. The Balaban J connectivity index is 1.92. The first-order valence-electron chi connectivity index (χ1n) is 6.66. The molecule has 5 nitrogen and oxygen atoms in total. The number of carbonyl (C=O) groups is 1. The second-order valence-electron chi connectivity index (χ2n) is 4.56. The molecule has 1 amide bonds. The first-order chi connectivity index (χ1) is 10.0. The average molecular weight is 307 g/mol. The van der Waals surface area contributed by atoms with Crippen molar-refractivity contribution in [2.75, 3.05) is 11.1 Å². The van der Waals surface area contributed by atoms with Crippen molar-refractivity contribution in [3.63, 3.8) is 0 Å². The maximum absolute atomic E-state index is 11.8. The minimum absolute atomic E-state index is 0.0574. The zero-order chi connectivity index (χ0) is 15.3. The fraction of sp³-hybridized carbons (Fsp3) is 0.267. The molecule has 0 bridgehead atoms. The van der Waals surface area contributed by atoms with E-state index in [0.29, 0.717) is 18.5 Å². The molecule has 1 aromatic carbocycles. The van der Waals surface area contributed by atoms with Crippen LogP contribution in [0.3, 0.4) is 0 Å². The van der Waals surface area contributed by atoms with E-state index >= 15 is 0 Å². The highest BCUT2D eigenvalue weighted by Gasteiger charge is 2.11. The Bertz CT molecular complexity index is 688. The molecule has 21 heavy (non-hydrogen) atoms. The van der Waals surface area contributed by atoms with E-state index in [1.54, 1.807) is 31.4 Å². The molecule has 1 N–H and O–H groups in total. The van der Waals surface area contributed by atoms with Crippen molar-refractivity contribution < 1.29 is 17.6 Å². The molecule has 112 valence electrons. The van der Waals surface area contributed by atoms with Crippen molar-refractivity contribution in [2.24, 2.45) is 0 Å². The molecule has 1 heterocycles. The fourth-order valence-corrected chi connectivity index (χ4v) is 2.71. The third-order valence-corrected chi connectivity index (χ3v) is 4.81. The second-order valence-corrected chi connectivity index (χ2v) is 6.83. The van der Waals surface area contributed by atoms with Gasteiger partial charge in [-0.25, -0.2) is 8.42 Å². The number of benzene rings is 1. The standard InChI is InChI=1S/C15H17NO4S/c1-2-21(18,19)14-8-5-12(6-9-14)16-15(17)10-7-13-4-3-11-20-13/h3-6,8-9,11H,2,7,10H2,1H3,(H,16,17). The van der Waals surface area contributed by atoms with Crippen molar-refractivity contribution in [2.45, 2.75) is 24.7 Å². The number of aryl methyl sites for hydroxylation is 1. The summed E-state index contributed by atoms with van der Waals surface area (Å²) < 4.78 is 28.5.